The molecule has 0 fully saturated rings. The second-order valence-electron chi connectivity index (χ2n) is 2.96. The molecule has 0 aliphatic rings. The summed E-state index contributed by atoms with van der Waals surface area (Å²) in [6, 6.07) is 5.09. The molecule has 0 radical (unpaired) electrons. The Kier molecular flexibility index (Phi) is 2.61. The van der Waals surface area contributed by atoms with E-state index in [1.807, 2.05) is 0 Å². The van der Waals surface area contributed by atoms with Gasteiger partial charge in [0.2, 0.25) is 0 Å². The Morgan fingerprint density at radius 2 is 2.25 bits per heavy atom. The number of carboxylic acid groups (broad SMARTS) is 1. The van der Waals surface area contributed by atoms with Crippen LogP contribution in [-0.4, -0.2) is 21.2 Å². The number of anilines is 1. The Hall–Kier alpha value is -1.89. The van der Waals surface area contributed by atoms with Crippen molar-refractivity contribution in [2.75, 3.05) is 5.73 Å². The highest BCUT2D eigenvalue weighted by molar-refractivity contribution is 9.10. The van der Waals surface area contributed by atoms with E-state index in [0.29, 0.717) is 11.3 Å². The van der Waals surface area contributed by atoms with Crippen molar-refractivity contribution >= 4 is 27.6 Å². The molecule has 0 aliphatic carbocycles. The summed E-state index contributed by atoms with van der Waals surface area (Å²) in [4.78, 5) is 14.3. The summed E-state index contributed by atoms with van der Waals surface area (Å²) in [5.41, 5.74) is 6.64. The van der Waals surface area contributed by atoms with Gasteiger partial charge >= 0.3 is 5.97 Å². The molecule has 1 heterocycles. The van der Waals surface area contributed by atoms with Gasteiger partial charge in [0.1, 0.15) is 0 Å². The summed E-state index contributed by atoms with van der Waals surface area (Å²) >= 11 is 3.27. The predicted octanol–water partition coefficient (Wildman–Crippen LogP) is 1.78. The Bertz CT molecular complexity index is 553. The average Bonchev–Trinajstić information content (AvgIpc) is 2.70. The molecule has 0 saturated carbocycles. The van der Waals surface area contributed by atoms with Crippen LogP contribution < -0.4 is 5.73 Å². The van der Waals surface area contributed by atoms with E-state index in [9.17, 15) is 4.79 Å². The highest BCUT2D eigenvalue weighted by Crippen LogP contribution is 2.27. The molecule has 0 spiro atoms. The summed E-state index contributed by atoms with van der Waals surface area (Å²) < 4.78 is 5.59. The van der Waals surface area contributed by atoms with Gasteiger partial charge < -0.3 is 15.4 Å². The lowest BCUT2D eigenvalue weighted by Gasteiger charge is -2.00. The number of hydrogen-bond acceptors (Lipinski definition) is 5. The first kappa shape index (κ1) is 10.6. The fraction of sp³-hybridized carbons (Fsp3) is 0. The summed E-state index contributed by atoms with van der Waals surface area (Å²) in [6.45, 7) is 0. The van der Waals surface area contributed by atoms with E-state index in [1.54, 1.807) is 18.2 Å². The summed E-state index contributed by atoms with van der Waals surface area (Å²) in [5, 5.41) is 11.9. The number of carbonyl (C=O) groups is 1. The summed E-state index contributed by atoms with van der Waals surface area (Å²) in [5.74, 6) is -1.56. The molecule has 82 valence electrons. The Balaban J connectivity index is 2.50. The monoisotopic (exact) mass is 283 g/mol. The van der Waals surface area contributed by atoms with Crippen molar-refractivity contribution in [3.63, 3.8) is 0 Å². The minimum Gasteiger partial charge on any atom is -0.475 e. The van der Waals surface area contributed by atoms with Crippen LogP contribution in [0.4, 0.5) is 5.69 Å². The second-order valence-corrected chi connectivity index (χ2v) is 3.88. The third-order valence-electron chi connectivity index (χ3n) is 1.86. The van der Waals surface area contributed by atoms with Gasteiger partial charge in [-0.1, -0.05) is 15.9 Å². The maximum atomic E-state index is 10.6. The number of nitrogens with zero attached hydrogens (tertiary/aromatic N) is 2. The molecule has 0 bridgehead atoms. The van der Waals surface area contributed by atoms with Crippen molar-refractivity contribution in [1.29, 1.82) is 0 Å². The number of nitrogen functional groups attached to an aromatic ring is 1. The Morgan fingerprint density at radius 1 is 1.50 bits per heavy atom. The smallest absolute Gasteiger partial charge is 0.377 e. The van der Waals surface area contributed by atoms with Gasteiger partial charge in [-0.3, -0.25) is 0 Å². The van der Waals surface area contributed by atoms with E-state index < -0.39 is 11.8 Å². The minimum atomic E-state index is -1.25. The zero-order valence-electron chi connectivity index (χ0n) is 7.85. The van der Waals surface area contributed by atoms with Crippen LogP contribution in [0.25, 0.3) is 11.5 Å². The molecule has 1 aromatic heterocycles. The highest BCUT2D eigenvalue weighted by Gasteiger charge is 2.16. The third kappa shape index (κ3) is 1.89. The number of rotatable bonds is 2. The molecule has 0 unspecified atom stereocenters. The van der Waals surface area contributed by atoms with Gasteiger partial charge in [-0.2, -0.15) is 4.98 Å². The fourth-order valence-electron chi connectivity index (χ4n) is 1.13. The Labute approximate surface area is 98.2 Å². The molecule has 3 N–H and O–H groups in total. The number of hydrogen-bond donors (Lipinski definition) is 2. The molecule has 6 nitrogen and oxygen atoms in total. The number of aromatic nitrogens is 2. The van der Waals surface area contributed by atoms with Gasteiger partial charge in [0.15, 0.2) is 0 Å². The van der Waals surface area contributed by atoms with Crippen molar-refractivity contribution in [2.24, 2.45) is 0 Å². The van der Waals surface area contributed by atoms with Gasteiger partial charge in [-0.25, -0.2) is 4.79 Å². The second kappa shape index (κ2) is 3.93. The lowest BCUT2D eigenvalue weighted by molar-refractivity contribution is 0.0680. The topological polar surface area (TPSA) is 102 Å². The first-order valence-corrected chi connectivity index (χ1v) is 4.99. The number of halogens is 1. The molecular weight excluding hydrogens is 278 g/mol. The molecule has 0 amide bonds. The maximum Gasteiger partial charge on any atom is 0.377 e. The number of carboxylic acids is 1. The van der Waals surface area contributed by atoms with Crippen LogP contribution in [0.2, 0.25) is 0 Å². The van der Waals surface area contributed by atoms with Gasteiger partial charge in [-0.05, 0) is 23.4 Å². The molecule has 2 rings (SSSR count). The first-order chi connectivity index (χ1) is 7.58. The van der Waals surface area contributed by atoms with Crippen molar-refractivity contribution in [1.82, 2.24) is 10.1 Å². The zero-order chi connectivity index (χ0) is 11.7. The zero-order valence-corrected chi connectivity index (χ0v) is 9.43. The maximum absolute atomic E-state index is 10.6. The normalized spacial score (nSPS) is 10.3. The molecule has 7 heteroatoms. The molecular formula is C9H6BrN3O3. The number of nitrogens with two attached hydrogens (primary N) is 1. The molecule has 1 aromatic carbocycles. The minimum absolute atomic E-state index is 0.0798. The standard InChI is InChI=1S/C9H6BrN3O3/c10-4-1-2-6(11)5(3-4)8-12-7(9(14)15)13-16-8/h1-3H,11H2,(H,14,15). The van der Waals surface area contributed by atoms with Gasteiger partial charge in [-0.15, -0.1) is 0 Å². The quantitative estimate of drug-likeness (QED) is 0.815. The van der Waals surface area contributed by atoms with E-state index in [4.69, 9.17) is 15.4 Å². The highest BCUT2D eigenvalue weighted by atomic mass is 79.9. The lowest BCUT2D eigenvalue weighted by Crippen LogP contribution is -1.98. The van der Waals surface area contributed by atoms with Crippen molar-refractivity contribution in [3.8, 4) is 11.5 Å². The number of benzene rings is 1. The summed E-state index contributed by atoms with van der Waals surface area (Å²) in [7, 11) is 0. The fourth-order valence-corrected chi connectivity index (χ4v) is 1.49. The van der Waals surface area contributed by atoms with Crippen LogP contribution in [0.5, 0.6) is 0 Å². The molecule has 16 heavy (non-hydrogen) atoms. The van der Waals surface area contributed by atoms with Crippen LogP contribution in [0.3, 0.4) is 0 Å². The number of aromatic carboxylic acids is 1. The lowest BCUT2D eigenvalue weighted by atomic mass is 10.2. The molecule has 0 saturated heterocycles. The van der Waals surface area contributed by atoms with Crippen molar-refractivity contribution in [3.05, 3.63) is 28.5 Å². The van der Waals surface area contributed by atoms with Crippen LogP contribution in [0.15, 0.2) is 27.2 Å². The predicted molar refractivity (Wildman–Crippen MR) is 58.8 cm³/mol. The van der Waals surface area contributed by atoms with E-state index in [-0.39, 0.29) is 5.89 Å². The van der Waals surface area contributed by atoms with Crippen LogP contribution >= 0.6 is 15.9 Å². The van der Waals surface area contributed by atoms with Gasteiger partial charge in [0.25, 0.3) is 11.7 Å². The average molecular weight is 284 g/mol. The Morgan fingerprint density at radius 3 is 2.88 bits per heavy atom. The van der Waals surface area contributed by atoms with Crippen LogP contribution in [0.1, 0.15) is 10.6 Å². The van der Waals surface area contributed by atoms with Crippen molar-refractivity contribution in [2.45, 2.75) is 0 Å². The SMILES string of the molecule is Nc1ccc(Br)cc1-c1nc(C(=O)O)no1. The third-order valence-corrected chi connectivity index (χ3v) is 2.36. The summed E-state index contributed by atoms with van der Waals surface area (Å²) in [6.07, 6.45) is 0. The van der Waals surface area contributed by atoms with Crippen LogP contribution in [-0.2, 0) is 0 Å². The van der Waals surface area contributed by atoms with E-state index in [2.05, 4.69) is 26.1 Å². The van der Waals surface area contributed by atoms with Crippen molar-refractivity contribution < 1.29 is 14.4 Å². The van der Waals surface area contributed by atoms with E-state index in [1.165, 1.54) is 0 Å². The molecule has 0 aliphatic heterocycles. The van der Waals surface area contributed by atoms with Gasteiger partial charge in [0.05, 0.1) is 5.56 Å². The van der Waals surface area contributed by atoms with Gasteiger partial charge in [0, 0.05) is 10.2 Å². The van der Waals surface area contributed by atoms with Crippen LogP contribution in [0, 0.1) is 0 Å². The van der Waals surface area contributed by atoms with E-state index in [0.717, 1.165) is 4.47 Å². The largest absolute Gasteiger partial charge is 0.475 e. The molecule has 0 atom stereocenters. The van der Waals surface area contributed by atoms with E-state index >= 15 is 0 Å². The molecule has 2 aromatic rings. The first-order valence-electron chi connectivity index (χ1n) is 4.20.